The van der Waals surface area contributed by atoms with Crippen LogP contribution in [-0.2, 0) is 6.42 Å². The molecule has 128 valence electrons. The van der Waals surface area contributed by atoms with Crippen molar-refractivity contribution in [1.82, 2.24) is 4.90 Å². The maximum atomic E-state index is 12.6. The second-order valence-electron chi connectivity index (χ2n) is 6.22. The number of hydrogen-bond donors (Lipinski definition) is 1. The lowest BCUT2D eigenvalue weighted by atomic mass is 10.1. The molecule has 1 aliphatic rings. The highest BCUT2D eigenvalue weighted by atomic mass is 32.2. The lowest BCUT2D eigenvalue weighted by Crippen LogP contribution is -2.39. The summed E-state index contributed by atoms with van der Waals surface area (Å²) in [7, 11) is 0. The van der Waals surface area contributed by atoms with Crippen molar-refractivity contribution in [2.75, 3.05) is 19.6 Å². The summed E-state index contributed by atoms with van der Waals surface area (Å²) in [5.74, 6) is 0.206. The van der Waals surface area contributed by atoms with Crippen LogP contribution in [0.4, 0.5) is 0 Å². The van der Waals surface area contributed by atoms with Crippen LogP contribution >= 0.6 is 23.1 Å². The van der Waals surface area contributed by atoms with Crippen molar-refractivity contribution in [2.24, 2.45) is 5.73 Å². The van der Waals surface area contributed by atoms with Crippen LogP contribution in [0.5, 0.6) is 0 Å². The Balaban J connectivity index is 1.51. The number of aryl methyl sites for hydroxylation is 1. The first-order chi connectivity index (χ1) is 11.7. The van der Waals surface area contributed by atoms with Gasteiger partial charge in [-0.15, -0.1) is 23.1 Å². The van der Waals surface area contributed by atoms with Crippen molar-refractivity contribution in [3.8, 4) is 0 Å². The molecule has 1 aromatic carbocycles. The average molecular weight is 361 g/mol. The number of thiophene rings is 1. The Morgan fingerprint density at radius 1 is 1.25 bits per heavy atom. The number of thioether (sulfide) groups is 1. The van der Waals surface area contributed by atoms with E-state index in [2.05, 4.69) is 24.3 Å². The molecule has 2 N–H and O–H groups in total. The highest BCUT2D eigenvalue weighted by Crippen LogP contribution is 2.31. The van der Waals surface area contributed by atoms with Gasteiger partial charge in [0.05, 0.1) is 4.88 Å². The van der Waals surface area contributed by atoms with E-state index in [1.807, 2.05) is 35.0 Å². The zero-order chi connectivity index (χ0) is 16.9. The predicted molar refractivity (Wildman–Crippen MR) is 103 cm³/mol. The van der Waals surface area contributed by atoms with Gasteiger partial charge in [-0.25, -0.2) is 0 Å². The van der Waals surface area contributed by atoms with E-state index in [4.69, 9.17) is 5.73 Å². The number of nitrogens with two attached hydrogens (primary N) is 1. The minimum Gasteiger partial charge on any atom is -0.338 e. The number of carbonyl (C=O) groups excluding carboxylic acids is 1. The minimum absolute atomic E-state index is 0.206. The van der Waals surface area contributed by atoms with Crippen molar-refractivity contribution in [3.63, 3.8) is 0 Å². The molecule has 0 saturated carbocycles. The third-order valence-corrected chi connectivity index (χ3v) is 6.80. The number of piperidine rings is 1. The van der Waals surface area contributed by atoms with E-state index >= 15 is 0 Å². The molecule has 2 aromatic rings. The number of hydrogen-bond acceptors (Lipinski definition) is 4. The molecule has 1 saturated heterocycles. The van der Waals surface area contributed by atoms with Gasteiger partial charge < -0.3 is 10.6 Å². The molecular weight excluding hydrogens is 336 g/mol. The van der Waals surface area contributed by atoms with Crippen molar-refractivity contribution in [1.29, 1.82) is 0 Å². The Hall–Kier alpha value is -1.30. The first-order valence-electron chi connectivity index (χ1n) is 8.46. The summed E-state index contributed by atoms with van der Waals surface area (Å²) in [6.45, 7) is 4.43. The quantitative estimate of drug-likeness (QED) is 0.878. The number of amides is 1. The zero-order valence-corrected chi connectivity index (χ0v) is 15.7. The van der Waals surface area contributed by atoms with Crippen LogP contribution in [0.2, 0.25) is 0 Å². The fourth-order valence-corrected chi connectivity index (χ4v) is 5.02. The standard InChI is InChI=1S/C19H24N2OS2/c1-14-9-13-23-18(14)19(22)21-11-7-17(8-12-21)24-16-4-2-15(3-5-16)6-10-20/h2-5,9,13,17H,6-8,10-12,20H2,1H3. The van der Waals surface area contributed by atoms with Crippen molar-refractivity contribution >= 4 is 29.0 Å². The predicted octanol–water partition coefficient (Wildman–Crippen LogP) is 3.95. The van der Waals surface area contributed by atoms with Gasteiger partial charge in [0.1, 0.15) is 0 Å². The van der Waals surface area contributed by atoms with Gasteiger partial charge in [0.25, 0.3) is 5.91 Å². The molecule has 0 radical (unpaired) electrons. The van der Waals surface area contributed by atoms with Gasteiger partial charge in [-0.3, -0.25) is 4.79 Å². The van der Waals surface area contributed by atoms with Crippen molar-refractivity contribution in [2.45, 2.75) is 36.3 Å². The summed E-state index contributed by atoms with van der Waals surface area (Å²) >= 11 is 3.49. The number of rotatable bonds is 5. The highest BCUT2D eigenvalue weighted by molar-refractivity contribution is 8.00. The molecule has 0 atom stereocenters. The Labute approximate surface area is 152 Å². The van der Waals surface area contributed by atoms with Gasteiger partial charge in [-0.2, -0.15) is 0 Å². The maximum Gasteiger partial charge on any atom is 0.264 e. The number of benzene rings is 1. The van der Waals surface area contributed by atoms with Crippen LogP contribution < -0.4 is 5.73 Å². The zero-order valence-electron chi connectivity index (χ0n) is 14.0. The van der Waals surface area contributed by atoms with Gasteiger partial charge in [0, 0.05) is 23.2 Å². The molecule has 0 unspecified atom stereocenters. The van der Waals surface area contributed by atoms with Gasteiger partial charge in [-0.05, 0) is 67.4 Å². The molecule has 2 heterocycles. The summed E-state index contributed by atoms with van der Waals surface area (Å²) in [6.07, 6.45) is 3.06. The number of carbonyl (C=O) groups is 1. The molecule has 1 aliphatic heterocycles. The Bertz CT molecular complexity index is 673. The Kier molecular flexibility index (Phi) is 5.98. The fraction of sp³-hybridized carbons (Fsp3) is 0.421. The summed E-state index contributed by atoms with van der Waals surface area (Å²) in [4.78, 5) is 16.8. The SMILES string of the molecule is Cc1ccsc1C(=O)N1CCC(Sc2ccc(CCN)cc2)CC1. The first kappa shape index (κ1) is 17.5. The van der Waals surface area contributed by atoms with E-state index < -0.39 is 0 Å². The molecule has 5 heteroatoms. The van der Waals surface area contributed by atoms with Crippen LogP contribution in [0, 0.1) is 6.92 Å². The summed E-state index contributed by atoms with van der Waals surface area (Å²) < 4.78 is 0. The lowest BCUT2D eigenvalue weighted by molar-refractivity contribution is 0.0731. The molecule has 1 aromatic heterocycles. The van der Waals surface area contributed by atoms with E-state index in [0.717, 1.165) is 42.8 Å². The molecular formula is C19H24N2OS2. The van der Waals surface area contributed by atoms with Crippen LogP contribution in [-0.4, -0.2) is 35.7 Å². The molecule has 0 bridgehead atoms. The average Bonchev–Trinajstić information content (AvgIpc) is 3.03. The third-order valence-electron chi connectivity index (χ3n) is 4.44. The Morgan fingerprint density at radius 3 is 2.54 bits per heavy atom. The summed E-state index contributed by atoms with van der Waals surface area (Å²) in [5, 5.41) is 2.60. The van der Waals surface area contributed by atoms with E-state index in [-0.39, 0.29) is 5.91 Å². The molecule has 3 nitrogen and oxygen atoms in total. The van der Waals surface area contributed by atoms with E-state index in [9.17, 15) is 4.79 Å². The van der Waals surface area contributed by atoms with Crippen molar-refractivity contribution in [3.05, 3.63) is 51.7 Å². The molecule has 0 spiro atoms. The topological polar surface area (TPSA) is 46.3 Å². The van der Waals surface area contributed by atoms with Crippen LogP contribution in [0.25, 0.3) is 0 Å². The lowest BCUT2D eigenvalue weighted by Gasteiger charge is -2.31. The van der Waals surface area contributed by atoms with Crippen molar-refractivity contribution < 1.29 is 4.79 Å². The molecule has 1 amide bonds. The third kappa shape index (κ3) is 4.21. The van der Waals surface area contributed by atoms with Crippen LogP contribution in [0.3, 0.4) is 0 Å². The molecule has 1 fully saturated rings. The van der Waals surface area contributed by atoms with E-state index in [1.165, 1.54) is 10.5 Å². The minimum atomic E-state index is 0.206. The number of nitrogens with zero attached hydrogens (tertiary/aromatic N) is 1. The monoisotopic (exact) mass is 360 g/mol. The molecule has 24 heavy (non-hydrogen) atoms. The largest absolute Gasteiger partial charge is 0.338 e. The van der Waals surface area contributed by atoms with Gasteiger partial charge in [0.2, 0.25) is 0 Å². The Morgan fingerprint density at radius 2 is 1.96 bits per heavy atom. The summed E-state index contributed by atoms with van der Waals surface area (Å²) in [6, 6.07) is 10.8. The fourth-order valence-electron chi connectivity index (χ4n) is 3.01. The second kappa shape index (κ2) is 8.19. The normalized spacial score (nSPS) is 15.7. The van der Waals surface area contributed by atoms with Gasteiger partial charge >= 0.3 is 0 Å². The van der Waals surface area contributed by atoms with Crippen LogP contribution in [0.15, 0.2) is 40.6 Å². The highest BCUT2D eigenvalue weighted by Gasteiger charge is 2.25. The number of likely N-dealkylation sites (tertiary alicyclic amines) is 1. The van der Waals surface area contributed by atoms with Gasteiger partial charge in [-0.1, -0.05) is 12.1 Å². The second-order valence-corrected chi connectivity index (χ2v) is 8.51. The molecule has 3 rings (SSSR count). The summed E-state index contributed by atoms with van der Waals surface area (Å²) in [5.41, 5.74) is 7.99. The molecule has 0 aliphatic carbocycles. The smallest absolute Gasteiger partial charge is 0.264 e. The van der Waals surface area contributed by atoms with Crippen LogP contribution in [0.1, 0.15) is 33.6 Å². The van der Waals surface area contributed by atoms with E-state index in [1.54, 1.807) is 11.3 Å². The first-order valence-corrected chi connectivity index (χ1v) is 10.2. The van der Waals surface area contributed by atoms with E-state index in [0.29, 0.717) is 11.8 Å². The van der Waals surface area contributed by atoms with Gasteiger partial charge in [0.15, 0.2) is 0 Å². The maximum absolute atomic E-state index is 12.6.